The van der Waals surface area contributed by atoms with Crippen LogP contribution in [0.3, 0.4) is 0 Å². The number of benzene rings is 2. The molecular weight excluding hydrogens is 368 g/mol. The predicted octanol–water partition coefficient (Wildman–Crippen LogP) is 2.58. The van der Waals surface area contributed by atoms with E-state index < -0.39 is 6.04 Å². The lowest BCUT2D eigenvalue weighted by Gasteiger charge is -2.19. The van der Waals surface area contributed by atoms with Gasteiger partial charge < -0.3 is 10.2 Å². The van der Waals surface area contributed by atoms with Gasteiger partial charge in [0, 0.05) is 30.8 Å². The van der Waals surface area contributed by atoms with Gasteiger partial charge in [0.05, 0.1) is 0 Å². The van der Waals surface area contributed by atoms with E-state index in [1.54, 1.807) is 29.2 Å². The van der Waals surface area contributed by atoms with E-state index in [4.69, 9.17) is 0 Å². The van der Waals surface area contributed by atoms with E-state index in [9.17, 15) is 9.59 Å². The summed E-state index contributed by atoms with van der Waals surface area (Å²) >= 11 is 0. The SMILES string of the molecule is CCN(CC)C(=O)c1ccc(NC(=O)C(Cc2ccccc2)n2cnnn2)cc1. The summed E-state index contributed by atoms with van der Waals surface area (Å²) < 4.78 is 1.45. The van der Waals surface area contributed by atoms with Crippen LogP contribution in [0, 0.1) is 0 Å². The molecule has 1 atom stereocenters. The minimum atomic E-state index is -0.593. The summed E-state index contributed by atoms with van der Waals surface area (Å²) in [4.78, 5) is 27.1. The Labute approximate surface area is 169 Å². The fraction of sp³-hybridized carbons (Fsp3) is 0.286. The first-order valence-electron chi connectivity index (χ1n) is 9.59. The molecule has 0 spiro atoms. The van der Waals surface area contributed by atoms with Gasteiger partial charge in [-0.2, -0.15) is 0 Å². The summed E-state index contributed by atoms with van der Waals surface area (Å²) in [5.41, 5.74) is 2.20. The minimum Gasteiger partial charge on any atom is -0.339 e. The maximum absolute atomic E-state index is 12.9. The number of nitrogens with one attached hydrogen (secondary N) is 1. The zero-order valence-corrected chi connectivity index (χ0v) is 16.5. The summed E-state index contributed by atoms with van der Waals surface area (Å²) in [6.07, 6.45) is 1.88. The molecule has 0 saturated carbocycles. The van der Waals surface area contributed by atoms with Crippen molar-refractivity contribution in [3.63, 3.8) is 0 Å². The van der Waals surface area contributed by atoms with Crippen LogP contribution < -0.4 is 5.32 Å². The zero-order valence-electron chi connectivity index (χ0n) is 16.5. The normalized spacial score (nSPS) is 11.7. The second-order valence-corrected chi connectivity index (χ2v) is 6.54. The summed E-state index contributed by atoms with van der Waals surface area (Å²) in [6, 6.07) is 16.0. The van der Waals surface area contributed by atoms with Gasteiger partial charge in [0.1, 0.15) is 12.4 Å². The van der Waals surface area contributed by atoms with Crippen molar-refractivity contribution in [1.82, 2.24) is 25.1 Å². The average molecular weight is 392 g/mol. The van der Waals surface area contributed by atoms with Gasteiger partial charge in [-0.15, -0.1) is 5.10 Å². The van der Waals surface area contributed by atoms with E-state index in [1.807, 2.05) is 44.2 Å². The lowest BCUT2D eigenvalue weighted by Crippen LogP contribution is -2.30. The number of aromatic nitrogens is 4. The molecule has 1 unspecified atom stereocenters. The van der Waals surface area contributed by atoms with Crippen LogP contribution in [0.1, 0.15) is 35.8 Å². The van der Waals surface area contributed by atoms with Gasteiger partial charge in [-0.05, 0) is 54.1 Å². The highest BCUT2D eigenvalue weighted by Gasteiger charge is 2.22. The molecule has 1 heterocycles. The molecule has 3 aromatic rings. The molecule has 2 amide bonds. The quantitative estimate of drug-likeness (QED) is 0.636. The summed E-state index contributed by atoms with van der Waals surface area (Å²) in [5.74, 6) is -0.257. The molecule has 8 nitrogen and oxygen atoms in total. The highest BCUT2D eigenvalue weighted by atomic mass is 16.2. The molecule has 0 fully saturated rings. The molecule has 0 radical (unpaired) electrons. The Morgan fingerprint density at radius 1 is 1.03 bits per heavy atom. The number of amides is 2. The van der Waals surface area contributed by atoms with Gasteiger partial charge in [0.25, 0.3) is 5.91 Å². The standard InChI is InChI=1S/C21H24N6O2/c1-3-26(4-2)21(29)17-10-12-18(13-11-17)23-20(28)19(27-15-22-24-25-27)14-16-8-6-5-7-9-16/h5-13,15,19H,3-4,14H2,1-2H3,(H,23,28). The Kier molecular flexibility index (Phi) is 6.67. The van der Waals surface area contributed by atoms with E-state index >= 15 is 0 Å². The van der Waals surface area contributed by atoms with Crippen LogP contribution in [0.4, 0.5) is 5.69 Å². The molecule has 3 rings (SSSR count). The fourth-order valence-corrected chi connectivity index (χ4v) is 3.07. The Morgan fingerprint density at radius 3 is 2.31 bits per heavy atom. The molecule has 1 aromatic heterocycles. The third kappa shape index (κ3) is 5.04. The van der Waals surface area contributed by atoms with Crippen molar-refractivity contribution in [2.24, 2.45) is 0 Å². The van der Waals surface area contributed by atoms with Crippen LogP contribution in [-0.4, -0.2) is 50.0 Å². The molecule has 0 saturated heterocycles. The summed E-state index contributed by atoms with van der Waals surface area (Å²) in [7, 11) is 0. The lowest BCUT2D eigenvalue weighted by molar-refractivity contribution is -0.119. The number of anilines is 1. The molecule has 29 heavy (non-hydrogen) atoms. The van der Waals surface area contributed by atoms with E-state index in [0.29, 0.717) is 30.8 Å². The number of tetrazole rings is 1. The maximum Gasteiger partial charge on any atom is 0.253 e. The second kappa shape index (κ2) is 9.59. The topological polar surface area (TPSA) is 93.0 Å². The Morgan fingerprint density at radius 2 is 1.72 bits per heavy atom. The maximum atomic E-state index is 12.9. The zero-order chi connectivity index (χ0) is 20.6. The Balaban J connectivity index is 1.73. The van der Waals surface area contributed by atoms with E-state index in [2.05, 4.69) is 20.8 Å². The third-order valence-corrected chi connectivity index (χ3v) is 4.71. The lowest BCUT2D eigenvalue weighted by atomic mass is 10.1. The second-order valence-electron chi connectivity index (χ2n) is 6.54. The molecule has 0 aliphatic heterocycles. The van der Waals surface area contributed by atoms with Crippen molar-refractivity contribution in [2.75, 3.05) is 18.4 Å². The van der Waals surface area contributed by atoms with Crippen LogP contribution in [0.2, 0.25) is 0 Å². The van der Waals surface area contributed by atoms with Gasteiger partial charge in [0.15, 0.2) is 0 Å². The van der Waals surface area contributed by atoms with Gasteiger partial charge >= 0.3 is 0 Å². The van der Waals surface area contributed by atoms with Crippen molar-refractivity contribution in [3.8, 4) is 0 Å². The summed E-state index contributed by atoms with van der Waals surface area (Å²) in [5, 5.41) is 14.1. The fourth-order valence-electron chi connectivity index (χ4n) is 3.07. The first-order chi connectivity index (χ1) is 14.1. The van der Waals surface area contributed by atoms with Crippen LogP contribution >= 0.6 is 0 Å². The first-order valence-corrected chi connectivity index (χ1v) is 9.59. The average Bonchev–Trinajstić information content (AvgIpc) is 3.28. The van der Waals surface area contributed by atoms with E-state index in [1.165, 1.54) is 11.0 Å². The number of hydrogen-bond donors (Lipinski definition) is 1. The van der Waals surface area contributed by atoms with Crippen molar-refractivity contribution in [1.29, 1.82) is 0 Å². The molecule has 8 heteroatoms. The van der Waals surface area contributed by atoms with Gasteiger partial charge in [-0.25, -0.2) is 4.68 Å². The molecule has 150 valence electrons. The number of nitrogens with zero attached hydrogens (tertiary/aromatic N) is 5. The van der Waals surface area contributed by atoms with E-state index in [0.717, 1.165) is 5.56 Å². The van der Waals surface area contributed by atoms with Crippen LogP contribution in [0.5, 0.6) is 0 Å². The van der Waals surface area contributed by atoms with Crippen LogP contribution in [0.25, 0.3) is 0 Å². The summed E-state index contributed by atoms with van der Waals surface area (Å²) in [6.45, 7) is 5.20. The predicted molar refractivity (Wildman–Crippen MR) is 109 cm³/mol. The highest BCUT2D eigenvalue weighted by molar-refractivity contribution is 5.96. The van der Waals surface area contributed by atoms with Gasteiger partial charge in [-0.1, -0.05) is 30.3 Å². The molecule has 1 N–H and O–H groups in total. The smallest absolute Gasteiger partial charge is 0.253 e. The van der Waals surface area contributed by atoms with Crippen molar-refractivity contribution >= 4 is 17.5 Å². The Bertz CT molecular complexity index is 922. The van der Waals surface area contributed by atoms with E-state index in [-0.39, 0.29) is 11.8 Å². The molecule has 0 aliphatic rings. The first kappa shape index (κ1) is 20.2. The Hall–Kier alpha value is -3.55. The van der Waals surface area contributed by atoms with Crippen LogP contribution in [-0.2, 0) is 11.2 Å². The number of carbonyl (C=O) groups excluding carboxylic acids is 2. The molecular formula is C21H24N6O2. The number of carbonyl (C=O) groups is 2. The highest BCUT2D eigenvalue weighted by Crippen LogP contribution is 2.17. The molecule has 2 aromatic carbocycles. The third-order valence-electron chi connectivity index (χ3n) is 4.71. The minimum absolute atomic E-state index is 0.0245. The van der Waals surface area contributed by atoms with Crippen molar-refractivity contribution in [2.45, 2.75) is 26.3 Å². The number of hydrogen-bond acceptors (Lipinski definition) is 5. The monoisotopic (exact) mass is 392 g/mol. The number of rotatable bonds is 8. The van der Waals surface area contributed by atoms with Crippen molar-refractivity contribution in [3.05, 3.63) is 72.1 Å². The van der Waals surface area contributed by atoms with Crippen LogP contribution in [0.15, 0.2) is 60.9 Å². The molecule has 0 aliphatic carbocycles. The largest absolute Gasteiger partial charge is 0.339 e. The molecule has 0 bridgehead atoms. The van der Waals surface area contributed by atoms with Crippen molar-refractivity contribution < 1.29 is 9.59 Å². The van der Waals surface area contributed by atoms with Gasteiger partial charge in [-0.3, -0.25) is 9.59 Å². The van der Waals surface area contributed by atoms with Gasteiger partial charge in [0.2, 0.25) is 5.91 Å².